The van der Waals surface area contributed by atoms with E-state index in [2.05, 4.69) is 31.2 Å². The van der Waals surface area contributed by atoms with Crippen molar-refractivity contribution in [1.82, 2.24) is 15.1 Å². The van der Waals surface area contributed by atoms with Gasteiger partial charge in [-0.2, -0.15) is 5.10 Å². The Hall–Kier alpha value is -1.36. The van der Waals surface area contributed by atoms with Crippen LogP contribution in [0.25, 0.3) is 0 Å². The molecule has 1 aromatic rings. The van der Waals surface area contributed by atoms with Gasteiger partial charge in [0.1, 0.15) is 0 Å². The molecule has 0 spiro atoms. The van der Waals surface area contributed by atoms with E-state index in [1.165, 1.54) is 0 Å². The molecule has 112 valence electrons. The maximum Gasteiger partial charge on any atom is 0.254 e. The van der Waals surface area contributed by atoms with Crippen molar-refractivity contribution < 1.29 is 9.53 Å². The highest BCUT2D eigenvalue weighted by molar-refractivity contribution is 5.93. The number of aromatic nitrogens is 2. The van der Waals surface area contributed by atoms with Crippen LogP contribution in [-0.4, -0.2) is 34.9 Å². The van der Waals surface area contributed by atoms with Gasteiger partial charge in [-0.3, -0.25) is 9.48 Å². The Balaban J connectivity index is 1.93. The lowest BCUT2D eigenvalue weighted by Gasteiger charge is -2.40. The zero-order valence-corrected chi connectivity index (χ0v) is 12.8. The number of nitrogens with zero attached hydrogens (tertiary/aromatic N) is 2. The molecular formula is C15H25N3O2. The highest BCUT2D eigenvalue weighted by atomic mass is 16.5. The number of carbonyl (C=O) groups is 1. The van der Waals surface area contributed by atoms with Crippen LogP contribution >= 0.6 is 0 Å². The van der Waals surface area contributed by atoms with Crippen LogP contribution in [0.4, 0.5) is 0 Å². The molecule has 1 aliphatic rings. The number of hydrogen-bond donors (Lipinski definition) is 1. The summed E-state index contributed by atoms with van der Waals surface area (Å²) in [6.45, 7) is 8.07. The molecule has 0 aromatic carbocycles. The lowest BCUT2D eigenvalue weighted by Crippen LogP contribution is -2.45. The van der Waals surface area contributed by atoms with E-state index in [4.69, 9.17) is 4.74 Å². The van der Waals surface area contributed by atoms with Crippen molar-refractivity contribution in [3.8, 4) is 0 Å². The number of nitrogens with one attached hydrogen (secondary N) is 1. The molecule has 0 radical (unpaired) electrons. The molecule has 2 heterocycles. The molecule has 20 heavy (non-hydrogen) atoms. The molecule has 5 nitrogen and oxygen atoms in total. The van der Waals surface area contributed by atoms with Crippen LogP contribution < -0.4 is 5.32 Å². The number of aryl methyl sites for hydroxylation is 1. The van der Waals surface area contributed by atoms with Crippen molar-refractivity contribution in [2.45, 2.75) is 39.7 Å². The van der Waals surface area contributed by atoms with Gasteiger partial charge in [0.05, 0.1) is 17.9 Å². The predicted octanol–water partition coefficient (Wildman–Crippen LogP) is 1.99. The van der Waals surface area contributed by atoms with Crippen molar-refractivity contribution in [3.05, 3.63) is 18.0 Å². The fraction of sp³-hybridized carbons (Fsp3) is 0.733. The maximum atomic E-state index is 12.1. The predicted molar refractivity (Wildman–Crippen MR) is 77.5 cm³/mol. The Morgan fingerprint density at radius 1 is 1.55 bits per heavy atom. The van der Waals surface area contributed by atoms with E-state index in [9.17, 15) is 4.79 Å². The SMILES string of the molecule is Cn1cc(C(=O)NC[C@H]2CCCO[C@@H]2C(C)(C)C)cn1. The van der Waals surface area contributed by atoms with E-state index in [0.29, 0.717) is 18.0 Å². The summed E-state index contributed by atoms with van der Waals surface area (Å²) in [6, 6.07) is 0. The summed E-state index contributed by atoms with van der Waals surface area (Å²) in [7, 11) is 1.81. The molecule has 1 fully saturated rings. The molecule has 0 unspecified atom stereocenters. The highest BCUT2D eigenvalue weighted by Crippen LogP contribution is 2.33. The standard InChI is InChI=1S/C15H25N3O2/c1-15(2,3)13-11(6-5-7-20-13)8-16-14(19)12-9-17-18(4)10-12/h9-11,13H,5-8H2,1-4H3,(H,16,19)/t11-,13+/m1/s1. The molecule has 0 aliphatic carbocycles. The third-order valence-corrected chi connectivity index (χ3v) is 3.79. The monoisotopic (exact) mass is 279 g/mol. The molecule has 1 amide bonds. The van der Waals surface area contributed by atoms with E-state index >= 15 is 0 Å². The summed E-state index contributed by atoms with van der Waals surface area (Å²) in [4.78, 5) is 12.1. The van der Waals surface area contributed by atoms with Crippen molar-refractivity contribution in [2.75, 3.05) is 13.2 Å². The summed E-state index contributed by atoms with van der Waals surface area (Å²) < 4.78 is 7.56. The van der Waals surface area contributed by atoms with E-state index in [1.54, 1.807) is 24.1 Å². The molecule has 2 rings (SSSR count). The minimum atomic E-state index is -0.0590. The molecule has 0 bridgehead atoms. The highest BCUT2D eigenvalue weighted by Gasteiger charge is 2.35. The second-order valence-electron chi connectivity index (χ2n) is 6.67. The molecule has 1 aromatic heterocycles. The van der Waals surface area contributed by atoms with Crippen LogP contribution in [0.2, 0.25) is 0 Å². The number of carbonyl (C=O) groups excluding carboxylic acids is 1. The first-order chi connectivity index (χ1) is 9.38. The minimum Gasteiger partial charge on any atom is -0.377 e. The third kappa shape index (κ3) is 3.60. The second-order valence-corrected chi connectivity index (χ2v) is 6.67. The normalized spacial score (nSPS) is 23.6. The quantitative estimate of drug-likeness (QED) is 0.920. The average Bonchev–Trinajstić information content (AvgIpc) is 2.82. The van der Waals surface area contributed by atoms with Crippen LogP contribution in [0, 0.1) is 11.3 Å². The minimum absolute atomic E-state index is 0.0590. The van der Waals surface area contributed by atoms with Gasteiger partial charge in [-0.1, -0.05) is 20.8 Å². The molecule has 1 N–H and O–H groups in total. The molecule has 0 saturated carbocycles. The van der Waals surface area contributed by atoms with Crippen LogP contribution in [0.5, 0.6) is 0 Å². The number of amides is 1. The number of hydrogen-bond acceptors (Lipinski definition) is 3. The molecule has 1 aliphatic heterocycles. The van der Waals surface area contributed by atoms with Crippen LogP contribution in [0.1, 0.15) is 44.0 Å². The van der Waals surface area contributed by atoms with Crippen molar-refractivity contribution >= 4 is 5.91 Å². The van der Waals surface area contributed by atoms with Gasteiger partial charge in [0.2, 0.25) is 0 Å². The van der Waals surface area contributed by atoms with Crippen LogP contribution in [0.3, 0.4) is 0 Å². The largest absolute Gasteiger partial charge is 0.377 e. The topological polar surface area (TPSA) is 56.2 Å². The van der Waals surface area contributed by atoms with E-state index in [1.807, 2.05) is 0 Å². The molecule has 2 atom stereocenters. The summed E-state index contributed by atoms with van der Waals surface area (Å²) in [6.07, 6.45) is 5.70. The smallest absolute Gasteiger partial charge is 0.254 e. The van der Waals surface area contributed by atoms with Crippen molar-refractivity contribution in [3.63, 3.8) is 0 Å². The summed E-state index contributed by atoms with van der Waals surface area (Å²) in [5, 5.41) is 7.03. The summed E-state index contributed by atoms with van der Waals surface area (Å²) in [5.74, 6) is 0.320. The molecule has 1 saturated heterocycles. The first-order valence-electron chi connectivity index (χ1n) is 7.26. The molecular weight excluding hydrogens is 254 g/mol. The molecule has 5 heteroatoms. The Morgan fingerprint density at radius 3 is 2.90 bits per heavy atom. The zero-order chi connectivity index (χ0) is 14.8. The first kappa shape index (κ1) is 15.0. The Bertz CT molecular complexity index is 462. The second kappa shape index (κ2) is 5.95. The fourth-order valence-electron chi connectivity index (χ4n) is 2.87. The van der Waals surface area contributed by atoms with Gasteiger partial charge in [-0.15, -0.1) is 0 Å². The van der Waals surface area contributed by atoms with Crippen molar-refractivity contribution in [1.29, 1.82) is 0 Å². The third-order valence-electron chi connectivity index (χ3n) is 3.79. The van der Waals surface area contributed by atoms with E-state index in [0.717, 1.165) is 19.4 Å². The lowest BCUT2D eigenvalue weighted by molar-refractivity contribution is -0.0839. The van der Waals surface area contributed by atoms with E-state index in [-0.39, 0.29) is 17.4 Å². The van der Waals surface area contributed by atoms with Gasteiger partial charge < -0.3 is 10.1 Å². The number of ether oxygens (including phenoxy) is 1. The van der Waals surface area contributed by atoms with Crippen LogP contribution in [-0.2, 0) is 11.8 Å². The first-order valence-corrected chi connectivity index (χ1v) is 7.26. The number of rotatable bonds is 3. The van der Waals surface area contributed by atoms with Gasteiger partial charge in [0.25, 0.3) is 5.91 Å². The van der Waals surface area contributed by atoms with E-state index < -0.39 is 0 Å². The Kier molecular flexibility index (Phi) is 4.48. The fourth-order valence-corrected chi connectivity index (χ4v) is 2.87. The van der Waals surface area contributed by atoms with Gasteiger partial charge >= 0.3 is 0 Å². The van der Waals surface area contributed by atoms with Gasteiger partial charge in [-0.25, -0.2) is 0 Å². The summed E-state index contributed by atoms with van der Waals surface area (Å²) >= 11 is 0. The van der Waals surface area contributed by atoms with Gasteiger partial charge in [-0.05, 0) is 18.3 Å². The zero-order valence-electron chi connectivity index (χ0n) is 12.8. The van der Waals surface area contributed by atoms with Crippen LogP contribution in [0.15, 0.2) is 12.4 Å². The Labute approximate surface area is 120 Å². The Morgan fingerprint density at radius 2 is 2.30 bits per heavy atom. The summed E-state index contributed by atoms with van der Waals surface area (Å²) in [5.41, 5.74) is 0.709. The van der Waals surface area contributed by atoms with Gasteiger partial charge in [0, 0.05) is 32.3 Å². The van der Waals surface area contributed by atoms with Crippen molar-refractivity contribution in [2.24, 2.45) is 18.4 Å². The van der Waals surface area contributed by atoms with Gasteiger partial charge in [0.15, 0.2) is 0 Å². The average molecular weight is 279 g/mol. The lowest BCUT2D eigenvalue weighted by atomic mass is 9.78. The maximum absolute atomic E-state index is 12.1.